The van der Waals surface area contributed by atoms with Gasteiger partial charge >= 0.3 is 0 Å². The summed E-state index contributed by atoms with van der Waals surface area (Å²) in [5, 5.41) is -0.584. The first-order valence-corrected chi connectivity index (χ1v) is 14.7. The van der Waals surface area contributed by atoms with E-state index >= 15 is 0 Å². The van der Waals surface area contributed by atoms with Gasteiger partial charge in [-0.15, -0.1) is 0 Å². The lowest BCUT2D eigenvalue weighted by molar-refractivity contribution is 0.203. The Hall–Kier alpha value is -3.07. The van der Waals surface area contributed by atoms with Crippen LogP contribution in [0.15, 0.2) is 48.5 Å². The molecule has 0 aromatic heterocycles. The van der Waals surface area contributed by atoms with Gasteiger partial charge < -0.3 is 28.7 Å². The van der Waals surface area contributed by atoms with Crippen molar-refractivity contribution in [3.05, 3.63) is 48.5 Å². The molecule has 2 atom stereocenters. The summed E-state index contributed by atoms with van der Waals surface area (Å²) in [5.41, 5.74) is 0. The first kappa shape index (κ1) is 32.1. The average Bonchev–Trinajstić information content (AvgIpc) is 2.94. The zero-order chi connectivity index (χ0) is 28.6. The van der Waals surface area contributed by atoms with E-state index in [9.17, 15) is 9.59 Å². The monoisotopic (exact) mass is 560 g/mol. The third-order valence-electron chi connectivity index (χ3n) is 6.19. The molecule has 2 aromatic rings. The van der Waals surface area contributed by atoms with Crippen LogP contribution in [0.2, 0.25) is 0 Å². The van der Waals surface area contributed by atoms with E-state index in [1.165, 1.54) is 0 Å². The molecule has 2 amide bonds. The van der Waals surface area contributed by atoms with Crippen LogP contribution in [0.25, 0.3) is 0 Å². The topological polar surface area (TPSA) is 77.5 Å². The molecule has 9 heteroatoms. The molecule has 0 fully saturated rings. The van der Waals surface area contributed by atoms with E-state index in [2.05, 4.69) is 13.8 Å². The number of hydrogen-bond acceptors (Lipinski definition) is 7. The van der Waals surface area contributed by atoms with Gasteiger partial charge in [-0.2, -0.15) is 0 Å². The largest absolute Gasteiger partial charge is 0.492 e. The van der Waals surface area contributed by atoms with Crippen LogP contribution in [0.5, 0.6) is 23.0 Å². The molecule has 0 heterocycles. The molecule has 0 radical (unpaired) electrons. The van der Waals surface area contributed by atoms with Crippen molar-refractivity contribution in [3.8, 4) is 23.0 Å². The Morgan fingerprint density at radius 2 is 0.974 bits per heavy atom. The normalized spacial score (nSPS) is 12.3. The molecular weight excluding hydrogens is 516 g/mol. The third-order valence-corrected chi connectivity index (χ3v) is 7.05. The highest BCUT2D eigenvalue weighted by Gasteiger charge is 2.21. The van der Waals surface area contributed by atoms with Crippen molar-refractivity contribution in [1.82, 2.24) is 9.80 Å². The molecule has 2 unspecified atom stereocenters. The summed E-state index contributed by atoms with van der Waals surface area (Å²) < 4.78 is 23.2. The van der Waals surface area contributed by atoms with Crippen LogP contribution >= 0.6 is 11.8 Å². The van der Waals surface area contributed by atoms with Gasteiger partial charge in [-0.25, -0.2) is 0 Å². The maximum Gasteiger partial charge on any atom is 0.291 e. The highest BCUT2D eigenvalue weighted by Crippen LogP contribution is 2.21. The van der Waals surface area contributed by atoms with E-state index < -0.39 is 0 Å². The van der Waals surface area contributed by atoms with Crippen molar-refractivity contribution in [3.63, 3.8) is 0 Å². The van der Waals surface area contributed by atoms with E-state index in [0.717, 1.165) is 24.3 Å². The van der Waals surface area contributed by atoms with Crippen molar-refractivity contribution in [2.75, 3.05) is 39.4 Å². The van der Waals surface area contributed by atoms with Gasteiger partial charge in [-0.3, -0.25) is 9.59 Å². The highest BCUT2D eigenvalue weighted by molar-refractivity contribution is 8.25. The zero-order valence-corrected chi connectivity index (χ0v) is 25.0. The van der Waals surface area contributed by atoms with Crippen LogP contribution < -0.4 is 18.9 Å². The van der Waals surface area contributed by atoms with Crippen LogP contribution in [0, 0.1) is 0 Å². The maximum atomic E-state index is 12.8. The zero-order valence-electron chi connectivity index (χ0n) is 24.2. The van der Waals surface area contributed by atoms with Crippen LogP contribution in [0.1, 0.15) is 54.4 Å². The number of likely N-dealkylation sites (N-methyl/N-ethyl adjacent to an activating group) is 2. The minimum absolute atomic E-state index is 0.157. The number of rotatable bonds is 16. The average molecular weight is 561 g/mol. The van der Waals surface area contributed by atoms with Crippen molar-refractivity contribution in [2.24, 2.45) is 0 Å². The summed E-state index contributed by atoms with van der Waals surface area (Å²) in [7, 11) is 0. The molecule has 8 nitrogen and oxygen atoms in total. The fourth-order valence-electron chi connectivity index (χ4n) is 3.37. The molecule has 0 bridgehead atoms. The van der Waals surface area contributed by atoms with Crippen LogP contribution in [-0.4, -0.2) is 71.9 Å². The molecular formula is C30H44N2O6S. The summed E-state index contributed by atoms with van der Waals surface area (Å²) in [4.78, 5) is 28.8. The Kier molecular flexibility index (Phi) is 14.4. The van der Waals surface area contributed by atoms with E-state index in [-0.39, 0.29) is 22.7 Å². The molecule has 0 aliphatic rings. The molecule has 0 N–H and O–H groups in total. The predicted octanol–water partition coefficient (Wildman–Crippen LogP) is 7.12. The number of carbonyl (C=O) groups is 2. The SMILES string of the molecule is CCC(C)Oc1ccc(OCCN(CC)C(=O)SC(=O)N(CC)CCOc2ccc(OC(C)CC)cc2)cc1. The number of amides is 2. The van der Waals surface area contributed by atoms with Crippen molar-refractivity contribution < 1.29 is 28.5 Å². The minimum Gasteiger partial charge on any atom is -0.492 e. The summed E-state index contributed by atoms with van der Waals surface area (Å²) in [6.45, 7) is 14.4. The molecule has 0 aliphatic heterocycles. The Bertz CT molecular complexity index is 906. The standard InChI is InChI=1S/C30H44N2O6S/c1-7-23(5)37-27-15-11-25(12-16-27)35-21-19-31(9-3)29(33)39-30(34)32(10-4)20-22-36-26-13-17-28(18-14-26)38-24(6)8-2/h11-18,23-24H,7-10,19-22H2,1-6H3. The van der Waals surface area contributed by atoms with Gasteiger partial charge in [-0.1, -0.05) is 13.8 Å². The quantitative estimate of drug-likeness (QED) is 0.216. The van der Waals surface area contributed by atoms with E-state index in [0.29, 0.717) is 62.7 Å². The van der Waals surface area contributed by atoms with Gasteiger partial charge in [0.15, 0.2) is 0 Å². The van der Waals surface area contributed by atoms with Crippen molar-refractivity contribution >= 4 is 22.2 Å². The summed E-state index contributed by atoms with van der Waals surface area (Å²) >= 11 is 0.707. The van der Waals surface area contributed by atoms with Gasteiger partial charge in [0, 0.05) is 24.9 Å². The van der Waals surface area contributed by atoms with E-state index in [4.69, 9.17) is 18.9 Å². The second kappa shape index (κ2) is 17.5. The lowest BCUT2D eigenvalue weighted by Crippen LogP contribution is -2.36. The van der Waals surface area contributed by atoms with E-state index in [1.807, 2.05) is 76.2 Å². The Labute approximate surface area is 237 Å². The Morgan fingerprint density at radius 1 is 0.641 bits per heavy atom. The molecule has 216 valence electrons. The van der Waals surface area contributed by atoms with Gasteiger partial charge in [0.25, 0.3) is 10.5 Å². The molecule has 2 aromatic carbocycles. The van der Waals surface area contributed by atoms with E-state index in [1.54, 1.807) is 9.80 Å². The number of nitrogens with zero attached hydrogens (tertiary/aromatic N) is 2. The summed E-state index contributed by atoms with van der Waals surface area (Å²) in [6, 6.07) is 14.9. The van der Waals surface area contributed by atoms with Crippen LogP contribution in [0.3, 0.4) is 0 Å². The number of carbonyl (C=O) groups excluding carboxylic acids is 2. The van der Waals surface area contributed by atoms with Gasteiger partial charge in [0.1, 0.15) is 36.2 Å². The first-order valence-electron chi connectivity index (χ1n) is 13.8. The summed E-state index contributed by atoms with van der Waals surface area (Å²) in [6.07, 6.45) is 2.19. The number of benzene rings is 2. The maximum absolute atomic E-state index is 12.8. The second-order valence-electron chi connectivity index (χ2n) is 9.11. The molecule has 0 spiro atoms. The van der Waals surface area contributed by atoms with Gasteiger partial charge in [0.2, 0.25) is 0 Å². The van der Waals surface area contributed by atoms with Gasteiger partial charge in [0.05, 0.1) is 25.3 Å². The number of ether oxygens (including phenoxy) is 4. The Balaban J connectivity index is 1.75. The lowest BCUT2D eigenvalue weighted by atomic mass is 10.3. The lowest BCUT2D eigenvalue weighted by Gasteiger charge is -2.23. The van der Waals surface area contributed by atoms with Gasteiger partial charge in [-0.05, 0) is 89.1 Å². The first-order chi connectivity index (χ1) is 18.8. The highest BCUT2D eigenvalue weighted by atomic mass is 32.2. The Morgan fingerprint density at radius 3 is 1.28 bits per heavy atom. The molecule has 0 aliphatic carbocycles. The predicted molar refractivity (Wildman–Crippen MR) is 158 cm³/mol. The molecule has 2 rings (SSSR count). The van der Waals surface area contributed by atoms with Crippen LogP contribution in [0.4, 0.5) is 9.59 Å². The molecule has 0 saturated carbocycles. The number of thioether (sulfide) groups is 1. The smallest absolute Gasteiger partial charge is 0.291 e. The fraction of sp³-hybridized carbons (Fsp3) is 0.533. The summed E-state index contributed by atoms with van der Waals surface area (Å²) in [5.74, 6) is 3.00. The fourth-order valence-corrected chi connectivity index (χ4v) is 4.22. The third kappa shape index (κ3) is 11.7. The molecule has 0 saturated heterocycles. The van der Waals surface area contributed by atoms with Crippen LogP contribution in [-0.2, 0) is 0 Å². The second-order valence-corrected chi connectivity index (χ2v) is 10.0. The van der Waals surface area contributed by atoms with Crippen molar-refractivity contribution in [2.45, 2.75) is 66.6 Å². The molecule has 39 heavy (non-hydrogen) atoms. The number of hydrogen-bond donors (Lipinski definition) is 0. The minimum atomic E-state index is -0.292. The van der Waals surface area contributed by atoms with Crippen molar-refractivity contribution in [1.29, 1.82) is 0 Å².